The maximum Gasteiger partial charge on any atom is 0.214 e. The zero-order valence-electron chi connectivity index (χ0n) is 12.7. The van der Waals surface area contributed by atoms with Gasteiger partial charge in [0.15, 0.2) is 17.0 Å². The van der Waals surface area contributed by atoms with E-state index in [0.29, 0.717) is 5.82 Å². The molecule has 1 aliphatic heterocycles. The van der Waals surface area contributed by atoms with Gasteiger partial charge >= 0.3 is 0 Å². The Kier molecular flexibility index (Phi) is 3.29. The SMILES string of the molecule is Cn1cnc2c(N3CCN(c4cccc(F)n4)CC3)ncnc21. The summed E-state index contributed by atoms with van der Waals surface area (Å²) in [7, 11) is 1.92. The van der Waals surface area contributed by atoms with Crippen LogP contribution in [0.15, 0.2) is 30.9 Å². The summed E-state index contributed by atoms with van der Waals surface area (Å²) in [5, 5.41) is 0. The predicted octanol–water partition coefficient (Wildman–Crippen LogP) is 1.22. The van der Waals surface area contributed by atoms with E-state index < -0.39 is 5.95 Å². The van der Waals surface area contributed by atoms with Gasteiger partial charge in [-0.15, -0.1) is 0 Å². The summed E-state index contributed by atoms with van der Waals surface area (Å²) in [6.07, 6.45) is 3.32. The summed E-state index contributed by atoms with van der Waals surface area (Å²) < 4.78 is 15.1. The molecule has 3 aromatic rings. The molecule has 0 aromatic carbocycles. The van der Waals surface area contributed by atoms with Crippen LogP contribution in [0.5, 0.6) is 0 Å². The molecule has 0 spiro atoms. The van der Waals surface area contributed by atoms with Gasteiger partial charge in [-0.2, -0.15) is 4.39 Å². The zero-order chi connectivity index (χ0) is 15.8. The maximum atomic E-state index is 13.3. The minimum Gasteiger partial charge on any atom is -0.353 e. The molecule has 0 aliphatic carbocycles. The summed E-state index contributed by atoms with van der Waals surface area (Å²) in [6.45, 7) is 3.07. The molecule has 4 rings (SSSR count). The van der Waals surface area contributed by atoms with E-state index in [1.807, 2.05) is 17.7 Å². The first kappa shape index (κ1) is 13.9. The fourth-order valence-corrected chi connectivity index (χ4v) is 2.89. The topological polar surface area (TPSA) is 63.0 Å². The number of pyridine rings is 1. The molecule has 7 nitrogen and oxygen atoms in total. The van der Waals surface area contributed by atoms with Crippen LogP contribution in [-0.2, 0) is 7.05 Å². The van der Waals surface area contributed by atoms with Gasteiger partial charge in [-0.1, -0.05) is 6.07 Å². The summed E-state index contributed by atoms with van der Waals surface area (Å²) >= 11 is 0. The molecule has 0 unspecified atom stereocenters. The molecule has 0 bridgehead atoms. The molecule has 0 saturated carbocycles. The molecule has 8 heteroatoms. The lowest BCUT2D eigenvalue weighted by Gasteiger charge is -2.35. The third kappa shape index (κ3) is 2.45. The monoisotopic (exact) mass is 313 g/mol. The van der Waals surface area contributed by atoms with E-state index in [-0.39, 0.29) is 0 Å². The van der Waals surface area contributed by atoms with Crippen molar-refractivity contribution in [3.8, 4) is 0 Å². The number of hydrogen-bond acceptors (Lipinski definition) is 6. The van der Waals surface area contributed by atoms with Crippen LogP contribution in [0.3, 0.4) is 0 Å². The van der Waals surface area contributed by atoms with Crippen molar-refractivity contribution >= 4 is 22.8 Å². The van der Waals surface area contributed by atoms with Gasteiger partial charge in [0.25, 0.3) is 0 Å². The van der Waals surface area contributed by atoms with E-state index in [0.717, 1.165) is 43.2 Å². The smallest absolute Gasteiger partial charge is 0.214 e. The summed E-state index contributed by atoms with van der Waals surface area (Å²) in [5.41, 5.74) is 1.64. The van der Waals surface area contributed by atoms with Crippen molar-refractivity contribution in [1.29, 1.82) is 0 Å². The first-order valence-electron chi connectivity index (χ1n) is 7.47. The lowest BCUT2D eigenvalue weighted by atomic mass is 10.3. The standard InChI is InChI=1S/C15H16FN7/c1-21-10-19-13-14(21)17-9-18-15(13)23-7-5-22(6-8-23)12-4-2-3-11(16)20-12/h2-4,9-10H,5-8H2,1H3. The van der Waals surface area contributed by atoms with Crippen LogP contribution < -0.4 is 9.80 Å². The molecule has 4 heterocycles. The lowest BCUT2D eigenvalue weighted by molar-refractivity contribution is 0.574. The van der Waals surface area contributed by atoms with E-state index in [1.54, 1.807) is 18.7 Å². The largest absolute Gasteiger partial charge is 0.353 e. The van der Waals surface area contributed by atoms with Gasteiger partial charge in [0.05, 0.1) is 6.33 Å². The fourth-order valence-electron chi connectivity index (χ4n) is 2.89. The zero-order valence-corrected chi connectivity index (χ0v) is 12.7. The third-order valence-electron chi connectivity index (χ3n) is 4.08. The molecule has 1 saturated heterocycles. The highest BCUT2D eigenvalue weighted by atomic mass is 19.1. The summed E-state index contributed by atoms with van der Waals surface area (Å²) in [6, 6.07) is 4.88. The Balaban J connectivity index is 1.55. The average molecular weight is 313 g/mol. The number of aryl methyl sites for hydroxylation is 1. The third-order valence-corrected chi connectivity index (χ3v) is 4.08. The number of anilines is 2. The summed E-state index contributed by atoms with van der Waals surface area (Å²) in [5.74, 6) is 1.08. The van der Waals surface area contributed by atoms with E-state index >= 15 is 0 Å². The Morgan fingerprint density at radius 2 is 1.78 bits per heavy atom. The maximum absolute atomic E-state index is 13.3. The number of fused-ring (bicyclic) bond motifs is 1. The second-order valence-corrected chi connectivity index (χ2v) is 5.52. The Labute approximate surface area is 132 Å². The van der Waals surface area contributed by atoms with E-state index in [2.05, 4.69) is 29.7 Å². The number of piperazine rings is 1. The number of aromatic nitrogens is 5. The van der Waals surface area contributed by atoms with Crippen LogP contribution in [0.2, 0.25) is 0 Å². The van der Waals surface area contributed by atoms with Crippen LogP contribution in [0, 0.1) is 5.95 Å². The van der Waals surface area contributed by atoms with Crippen molar-refractivity contribution in [2.75, 3.05) is 36.0 Å². The first-order chi connectivity index (χ1) is 11.2. The van der Waals surface area contributed by atoms with Gasteiger partial charge in [-0.05, 0) is 12.1 Å². The Morgan fingerprint density at radius 1 is 1.00 bits per heavy atom. The van der Waals surface area contributed by atoms with Crippen molar-refractivity contribution in [1.82, 2.24) is 24.5 Å². The van der Waals surface area contributed by atoms with Crippen molar-refractivity contribution in [2.45, 2.75) is 0 Å². The minimum atomic E-state index is -0.448. The molecular formula is C15H16FN7. The Morgan fingerprint density at radius 3 is 2.57 bits per heavy atom. The van der Waals surface area contributed by atoms with Crippen molar-refractivity contribution in [3.63, 3.8) is 0 Å². The second-order valence-electron chi connectivity index (χ2n) is 5.52. The molecular weight excluding hydrogens is 297 g/mol. The molecule has 3 aromatic heterocycles. The van der Waals surface area contributed by atoms with Crippen molar-refractivity contribution in [3.05, 3.63) is 36.8 Å². The normalized spacial score (nSPS) is 15.4. The van der Waals surface area contributed by atoms with Gasteiger partial charge in [0.1, 0.15) is 12.1 Å². The molecule has 0 radical (unpaired) electrons. The number of imidazole rings is 1. The molecule has 0 atom stereocenters. The molecule has 1 fully saturated rings. The van der Waals surface area contributed by atoms with Crippen LogP contribution in [0.4, 0.5) is 16.0 Å². The number of rotatable bonds is 2. The van der Waals surface area contributed by atoms with Crippen molar-refractivity contribution < 1.29 is 4.39 Å². The second kappa shape index (κ2) is 5.45. The molecule has 0 N–H and O–H groups in total. The van der Waals surface area contributed by atoms with Gasteiger partial charge in [0, 0.05) is 33.2 Å². The predicted molar refractivity (Wildman–Crippen MR) is 84.9 cm³/mol. The van der Waals surface area contributed by atoms with Gasteiger partial charge < -0.3 is 14.4 Å². The number of hydrogen-bond donors (Lipinski definition) is 0. The average Bonchev–Trinajstić information content (AvgIpc) is 2.97. The molecule has 23 heavy (non-hydrogen) atoms. The van der Waals surface area contributed by atoms with Gasteiger partial charge in [-0.3, -0.25) is 0 Å². The highest BCUT2D eigenvalue weighted by molar-refractivity contribution is 5.83. The lowest BCUT2D eigenvalue weighted by Crippen LogP contribution is -2.47. The van der Waals surface area contributed by atoms with Crippen molar-refractivity contribution in [2.24, 2.45) is 7.05 Å². The van der Waals surface area contributed by atoms with E-state index in [9.17, 15) is 4.39 Å². The van der Waals surface area contributed by atoms with Crippen LogP contribution >= 0.6 is 0 Å². The quantitative estimate of drug-likeness (QED) is 0.663. The van der Waals surface area contributed by atoms with Crippen LogP contribution in [0.25, 0.3) is 11.2 Å². The summed E-state index contributed by atoms with van der Waals surface area (Å²) in [4.78, 5) is 21.3. The Bertz CT molecular complexity index is 839. The van der Waals surface area contributed by atoms with Gasteiger partial charge in [-0.25, -0.2) is 19.9 Å². The van der Waals surface area contributed by atoms with Crippen LogP contribution in [-0.4, -0.2) is 50.7 Å². The van der Waals surface area contributed by atoms with Gasteiger partial charge in [0.2, 0.25) is 5.95 Å². The fraction of sp³-hybridized carbons (Fsp3) is 0.333. The Hall–Kier alpha value is -2.77. The number of nitrogens with zero attached hydrogens (tertiary/aromatic N) is 7. The first-order valence-corrected chi connectivity index (χ1v) is 7.47. The minimum absolute atomic E-state index is 0.448. The van der Waals surface area contributed by atoms with E-state index in [1.165, 1.54) is 6.07 Å². The number of halogens is 1. The molecule has 118 valence electrons. The molecule has 1 aliphatic rings. The highest BCUT2D eigenvalue weighted by Crippen LogP contribution is 2.23. The highest BCUT2D eigenvalue weighted by Gasteiger charge is 2.22. The van der Waals surface area contributed by atoms with Crippen LogP contribution in [0.1, 0.15) is 0 Å². The van der Waals surface area contributed by atoms with E-state index in [4.69, 9.17) is 0 Å². The molecule has 0 amide bonds.